The van der Waals surface area contributed by atoms with Crippen LogP contribution in [0.25, 0.3) is 11.1 Å². The fourth-order valence-electron chi connectivity index (χ4n) is 3.34. The Kier molecular flexibility index (Phi) is 7.01. The van der Waals surface area contributed by atoms with Gasteiger partial charge in [0.05, 0.1) is 0 Å². The Balaban J connectivity index is 1.86. The molecule has 2 aromatic carbocycles. The number of rotatable bonds is 8. The average molecular weight is 389 g/mol. The zero-order chi connectivity index (χ0) is 20.6. The van der Waals surface area contributed by atoms with E-state index in [2.05, 4.69) is 18.3 Å². The highest BCUT2D eigenvalue weighted by molar-refractivity contribution is 5.95. The average Bonchev–Trinajstić information content (AvgIpc) is 2.73. The summed E-state index contributed by atoms with van der Waals surface area (Å²) >= 11 is 0. The van der Waals surface area contributed by atoms with Crippen LogP contribution in [-0.2, 0) is 13.0 Å². The summed E-state index contributed by atoms with van der Waals surface area (Å²) in [7, 11) is 0. The molecule has 1 heterocycles. The van der Waals surface area contributed by atoms with Crippen LogP contribution in [-0.4, -0.2) is 17.0 Å². The summed E-state index contributed by atoms with van der Waals surface area (Å²) in [6.07, 6.45) is 4.48. The monoisotopic (exact) mass is 388 g/mol. The van der Waals surface area contributed by atoms with Crippen LogP contribution >= 0.6 is 0 Å². The van der Waals surface area contributed by atoms with Gasteiger partial charge in [-0.2, -0.15) is 0 Å². The molecule has 0 fully saturated rings. The molecule has 150 valence electrons. The van der Waals surface area contributed by atoms with E-state index in [0.29, 0.717) is 13.1 Å². The van der Waals surface area contributed by atoms with Gasteiger partial charge < -0.3 is 9.88 Å². The molecule has 0 bridgehead atoms. The second kappa shape index (κ2) is 9.87. The summed E-state index contributed by atoms with van der Waals surface area (Å²) in [4.78, 5) is 25.7. The van der Waals surface area contributed by atoms with Gasteiger partial charge in [-0.1, -0.05) is 73.5 Å². The summed E-state index contributed by atoms with van der Waals surface area (Å²) in [5.74, 6) is -0.314. The Morgan fingerprint density at radius 3 is 2.52 bits per heavy atom. The highest BCUT2D eigenvalue weighted by atomic mass is 16.2. The molecule has 0 aliphatic heterocycles. The van der Waals surface area contributed by atoms with Crippen molar-refractivity contribution in [3.63, 3.8) is 0 Å². The minimum absolute atomic E-state index is 0.202. The molecule has 0 radical (unpaired) electrons. The lowest BCUT2D eigenvalue weighted by molar-refractivity contribution is 0.0952. The van der Waals surface area contributed by atoms with Crippen molar-refractivity contribution >= 4 is 5.91 Å². The third kappa shape index (κ3) is 5.44. The third-order valence-electron chi connectivity index (χ3n) is 4.98. The Hall–Kier alpha value is -3.14. The first-order valence-corrected chi connectivity index (χ1v) is 10.2. The van der Waals surface area contributed by atoms with Crippen LogP contribution in [0.5, 0.6) is 0 Å². The zero-order valence-electron chi connectivity index (χ0n) is 17.2. The molecule has 4 nitrogen and oxygen atoms in total. The van der Waals surface area contributed by atoms with Crippen LogP contribution in [0.15, 0.2) is 71.7 Å². The van der Waals surface area contributed by atoms with E-state index in [9.17, 15) is 9.59 Å². The Labute approximate surface area is 172 Å². The lowest BCUT2D eigenvalue weighted by atomic mass is 10.0. The maximum atomic E-state index is 12.9. The van der Waals surface area contributed by atoms with Crippen molar-refractivity contribution in [2.75, 3.05) is 6.54 Å². The van der Waals surface area contributed by atoms with E-state index in [1.54, 1.807) is 10.6 Å². The smallest absolute Gasteiger partial charge is 0.263 e. The van der Waals surface area contributed by atoms with E-state index in [1.807, 2.05) is 61.7 Å². The van der Waals surface area contributed by atoms with E-state index < -0.39 is 0 Å². The molecule has 1 aromatic heterocycles. The molecule has 0 aliphatic carbocycles. The molecule has 3 aromatic rings. The number of amides is 1. The van der Waals surface area contributed by atoms with Gasteiger partial charge >= 0.3 is 0 Å². The molecule has 0 saturated heterocycles. The molecule has 1 N–H and O–H groups in total. The van der Waals surface area contributed by atoms with Crippen molar-refractivity contribution in [2.45, 2.75) is 39.7 Å². The summed E-state index contributed by atoms with van der Waals surface area (Å²) in [5.41, 5.74) is 4.16. The number of hydrogen-bond donors (Lipinski definition) is 1. The van der Waals surface area contributed by atoms with Crippen molar-refractivity contribution in [3.05, 3.63) is 93.9 Å². The van der Waals surface area contributed by atoms with E-state index >= 15 is 0 Å². The number of carbonyl (C=O) groups excluding carboxylic acids is 1. The van der Waals surface area contributed by atoms with Crippen molar-refractivity contribution in [3.8, 4) is 11.1 Å². The van der Waals surface area contributed by atoms with Crippen molar-refractivity contribution in [1.29, 1.82) is 0 Å². The molecule has 0 saturated carbocycles. The normalized spacial score (nSPS) is 10.7. The predicted molar refractivity (Wildman–Crippen MR) is 118 cm³/mol. The topological polar surface area (TPSA) is 51.1 Å². The standard InChI is InChI=1S/C25H28N2O2/c1-3-4-15-27-18-22(21-12-8-9-19(2)16-21)17-23(25(27)29)24(28)26-14-13-20-10-6-5-7-11-20/h5-12,16-18H,3-4,13-15H2,1-2H3,(H,26,28). The summed E-state index contributed by atoms with van der Waals surface area (Å²) in [6.45, 7) is 5.23. The number of hydrogen-bond acceptors (Lipinski definition) is 2. The Bertz CT molecular complexity index is 1020. The molecular formula is C25H28N2O2. The molecule has 0 spiro atoms. The third-order valence-corrected chi connectivity index (χ3v) is 4.98. The fourth-order valence-corrected chi connectivity index (χ4v) is 3.34. The van der Waals surface area contributed by atoms with Gasteiger partial charge in [0, 0.05) is 19.3 Å². The van der Waals surface area contributed by atoms with Crippen LogP contribution in [0.3, 0.4) is 0 Å². The first-order valence-electron chi connectivity index (χ1n) is 10.2. The number of nitrogens with zero attached hydrogens (tertiary/aromatic N) is 1. The van der Waals surface area contributed by atoms with Gasteiger partial charge in [0.2, 0.25) is 0 Å². The Morgan fingerprint density at radius 2 is 1.79 bits per heavy atom. The quantitative estimate of drug-likeness (QED) is 0.613. The fraction of sp³-hybridized carbons (Fsp3) is 0.280. The Morgan fingerprint density at radius 1 is 1.00 bits per heavy atom. The predicted octanol–water partition coefficient (Wildman–Crippen LogP) is 4.60. The highest BCUT2D eigenvalue weighted by Gasteiger charge is 2.15. The molecule has 1 amide bonds. The van der Waals surface area contributed by atoms with Gasteiger partial charge in [0.1, 0.15) is 5.56 Å². The largest absolute Gasteiger partial charge is 0.352 e. The molecule has 4 heteroatoms. The lowest BCUT2D eigenvalue weighted by Gasteiger charge is -2.13. The molecule has 29 heavy (non-hydrogen) atoms. The van der Waals surface area contributed by atoms with Gasteiger partial charge in [-0.05, 0) is 42.5 Å². The van der Waals surface area contributed by atoms with Crippen LogP contribution in [0, 0.1) is 6.92 Å². The maximum absolute atomic E-state index is 12.9. The summed E-state index contributed by atoms with van der Waals surface area (Å²) < 4.78 is 1.67. The number of pyridine rings is 1. The molecule has 0 unspecified atom stereocenters. The van der Waals surface area contributed by atoms with Crippen LogP contribution < -0.4 is 10.9 Å². The minimum atomic E-state index is -0.314. The summed E-state index contributed by atoms with van der Waals surface area (Å²) in [5, 5.41) is 2.91. The molecule has 3 rings (SSSR count). The van der Waals surface area contributed by atoms with Gasteiger partial charge in [-0.15, -0.1) is 0 Å². The number of unbranched alkanes of at least 4 members (excludes halogenated alkanes) is 1. The van der Waals surface area contributed by atoms with E-state index in [4.69, 9.17) is 0 Å². The van der Waals surface area contributed by atoms with Crippen molar-refractivity contribution in [2.24, 2.45) is 0 Å². The van der Waals surface area contributed by atoms with E-state index in [0.717, 1.165) is 41.5 Å². The number of nitrogens with one attached hydrogen (secondary N) is 1. The first kappa shape index (κ1) is 20.6. The SMILES string of the molecule is CCCCn1cc(-c2cccc(C)c2)cc(C(=O)NCCc2ccccc2)c1=O. The number of carbonyl (C=O) groups is 1. The second-order valence-electron chi connectivity index (χ2n) is 7.36. The van der Waals surface area contributed by atoms with Crippen LogP contribution in [0.4, 0.5) is 0 Å². The number of benzene rings is 2. The van der Waals surface area contributed by atoms with Gasteiger partial charge in [-0.3, -0.25) is 9.59 Å². The molecular weight excluding hydrogens is 360 g/mol. The van der Waals surface area contributed by atoms with E-state index in [-0.39, 0.29) is 17.0 Å². The maximum Gasteiger partial charge on any atom is 0.263 e. The minimum Gasteiger partial charge on any atom is -0.352 e. The number of aromatic nitrogens is 1. The van der Waals surface area contributed by atoms with E-state index in [1.165, 1.54) is 0 Å². The zero-order valence-corrected chi connectivity index (χ0v) is 17.2. The lowest BCUT2D eigenvalue weighted by Crippen LogP contribution is -2.34. The van der Waals surface area contributed by atoms with Gasteiger partial charge in [0.25, 0.3) is 11.5 Å². The van der Waals surface area contributed by atoms with Gasteiger partial charge in [-0.25, -0.2) is 0 Å². The second-order valence-corrected chi connectivity index (χ2v) is 7.36. The van der Waals surface area contributed by atoms with Gasteiger partial charge in [0.15, 0.2) is 0 Å². The molecule has 0 atom stereocenters. The first-order chi connectivity index (χ1) is 14.1. The number of aryl methyl sites for hydroxylation is 2. The summed E-state index contributed by atoms with van der Waals surface area (Å²) in [6, 6.07) is 19.8. The van der Waals surface area contributed by atoms with Crippen LogP contribution in [0.2, 0.25) is 0 Å². The van der Waals surface area contributed by atoms with Crippen molar-refractivity contribution < 1.29 is 4.79 Å². The molecule has 0 aliphatic rings. The van der Waals surface area contributed by atoms with Crippen LogP contribution in [0.1, 0.15) is 41.3 Å². The highest BCUT2D eigenvalue weighted by Crippen LogP contribution is 2.20. The van der Waals surface area contributed by atoms with Crippen molar-refractivity contribution in [1.82, 2.24) is 9.88 Å².